The summed E-state index contributed by atoms with van der Waals surface area (Å²) in [4.78, 5) is 0. The number of rotatable bonds is 4. The third-order valence-electron chi connectivity index (χ3n) is 3.21. The molecule has 0 aliphatic heterocycles. The van der Waals surface area contributed by atoms with E-state index < -0.39 is 0 Å². The maximum atomic E-state index is 4.49. The van der Waals surface area contributed by atoms with Crippen molar-refractivity contribution in [2.24, 2.45) is 0 Å². The second-order valence-corrected chi connectivity index (χ2v) is 5.58. The Bertz CT molecular complexity index is 544. The molecule has 0 saturated carbocycles. The van der Waals surface area contributed by atoms with Crippen LogP contribution in [0.3, 0.4) is 0 Å². The van der Waals surface area contributed by atoms with Gasteiger partial charge in [0.15, 0.2) is 0 Å². The predicted octanol–water partition coefficient (Wildman–Crippen LogP) is 3.30. The molecule has 0 saturated heterocycles. The van der Waals surface area contributed by atoms with Crippen LogP contribution in [0, 0.1) is 20.8 Å². The molecule has 1 heterocycles. The van der Waals surface area contributed by atoms with E-state index >= 15 is 0 Å². The standard InChI is InChI=1S/C16H23N3/c1-11(2)17-8-15-9-18-19(10-15)16-13(4)6-12(3)7-14(16)5/h6-7,9-11,17H,8H2,1-5H3. The van der Waals surface area contributed by atoms with Gasteiger partial charge < -0.3 is 5.32 Å². The highest BCUT2D eigenvalue weighted by molar-refractivity contribution is 5.48. The van der Waals surface area contributed by atoms with E-state index in [1.54, 1.807) is 0 Å². The Balaban J connectivity index is 2.28. The first kappa shape index (κ1) is 13.8. The summed E-state index contributed by atoms with van der Waals surface area (Å²) >= 11 is 0. The number of benzene rings is 1. The molecule has 0 bridgehead atoms. The fraction of sp³-hybridized carbons (Fsp3) is 0.438. The summed E-state index contributed by atoms with van der Waals surface area (Å²) in [5, 5.41) is 7.90. The van der Waals surface area contributed by atoms with E-state index in [0.29, 0.717) is 6.04 Å². The number of aromatic nitrogens is 2. The van der Waals surface area contributed by atoms with Gasteiger partial charge in [0.2, 0.25) is 0 Å². The number of hydrogen-bond donors (Lipinski definition) is 1. The lowest BCUT2D eigenvalue weighted by Crippen LogP contribution is -2.21. The smallest absolute Gasteiger partial charge is 0.0704 e. The molecule has 3 heteroatoms. The molecule has 0 amide bonds. The minimum atomic E-state index is 0.492. The Morgan fingerprint density at radius 3 is 2.37 bits per heavy atom. The van der Waals surface area contributed by atoms with Gasteiger partial charge in [0, 0.05) is 24.3 Å². The highest BCUT2D eigenvalue weighted by atomic mass is 15.3. The molecule has 1 aromatic heterocycles. The zero-order chi connectivity index (χ0) is 14.0. The van der Waals surface area contributed by atoms with Gasteiger partial charge in [-0.1, -0.05) is 31.5 Å². The van der Waals surface area contributed by atoms with Crippen LogP contribution in [0.25, 0.3) is 5.69 Å². The summed E-state index contributed by atoms with van der Waals surface area (Å²) in [6.45, 7) is 11.6. The monoisotopic (exact) mass is 257 g/mol. The second-order valence-electron chi connectivity index (χ2n) is 5.58. The zero-order valence-electron chi connectivity index (χ0n) is 12.5. The molecule has 2 rings (SSSR count). The molecule has 102 valence electrons. The fourth-order valence-corrected chi connectivity index (χ4v) is 2.43. The molecule has 0 aliphatic carbocycles. The molecule has 0 fully saturated rings. The lowest BCUT2D eigenvalue weighted by molar-refractivity contribution is 0.589. The van der Waals surface area contributed by atoms with Gasteiger partial charge in [-0.05, 0) is 31.9 Å². The molecular formula is C16H23N3. The van der Waals surface area contributed by atoms with E-state index in [0.717, 1.165) is 6.54 Å². The Labute approximate surface area is 115 Å². The van der Waals surface area contributed by atoms with Gasteiger partial charge in [0.05, 0.1) is 11.9 Å². The number of aryl methyl sites for hydroxylation is 3. The molecule has 0 radical (unpaired) electrons. The second kappa shape index (κ2) is 5.57. The first-order valence-corrected chi connectivity index (χ1v) is 6.82. The van der Waals surface area contributed by atoms with Crippen LogP contribution in [-0.2, 0) is 6.54 Å². The van der Waals surface area contributed by atoms with Crippen molar-refractivity contribution in [3.63, 3.8) is 0 Å². The van der Waals surface area contributed by atoms with E-state index in [-0.39, 0.29) is 0 Å². The summed E-state index contributed by atoms with van der Waals surface area (Å²) in [6, 6.07) is 4.90. The van der Waals surface area contributed by atoms with Crippen molar-refractivity contribution in [1.29, 1.82) is 0 Å². The van der Waals surface area contributed by atoms with Crippen LogP contribution in [0.1, 0.15) is 36.1 Å². The Morgan fingerprint density at radius 2 is 1.79 bits per heavy atom. The van der Waals surface area contributed by atoms with E-state index in [1.165, 1.54) is 27.9 Å². The summed E-state index contributed by atoms with van der Waals surface area (Å²) in [7, 11) is 0. The van der Waals surface area contributed by atoms with Crippen LogP contribution >= 0.6 is 0 Å². The maximum Gasteiger partial charge on any atom is 0.0704 e. The van der Waals surface area contributed by atoms with Crippen LogP contribution < -0.4 is 5.32 Å². The molecule has 19 heavy (non-hydrogen) atoms. The third-order valence-corrected chi connectivity index (χ3v) is 3.21. The molecule has 0 aliphatic rings. The van der Waals surface area contributed by atoms with E-state index in [2.05, 4.69) is 63.4 Å². The van der Waals surface area contributed by atoms with Crippen LogP contribution in [0.15, 0.2) is 24.5 Å². The van der Waals surface area contributed by atoms with Gasteiger partial charge in [-0.2, -0.15) is 5.10 Å². The average Bonchev–Trinajstić information content (AvgIpc) is 2.73. The topological polar surface area (TPSA) is 29.9 Å². The van der Waals surface area contributed by atoms with Gasteiger partial charge >= 0.3 is 0 Å². The average molecular weight is 257 g/mol. The highest BCUT2D eigenvalue weighted by Crippen LogP contribution is 2.20. The zero-order valence-corrected chi connectivity index (χ0v) is 12.5. The Hall–Kier alpha value is -1.61. The van der Waals surface area contributed by atoms with Crippen molar-refractivity contribution in [3.05, 3.63) is 46.8 Å². The molecule has 3 nitrogen and oxygen atoms in total. The first-order chi connectivity index (χ1) is 8.97. The fourth-order valence-electron chi connectivity index (χ4n) is 2.43. The van der Waals surface area contributed by atoms with Gasteiger partial charge in [-0.25, -0.2) is 4.68 Å². The van der Waals surface area contributed by atoms with Gasteiger partial charge in [0.1, 0.15) is 0 Å². The lowest BCUT2D eigenvalue weighted by atomic mass is 10.1. The minimum Gasteiger partial charge on any atom is -0.310 e. The van der Waals surface area contributed by atoms with Crippen LogP contribution in [0.5, 0.6) is 0 Å². The van der Waals surface area contributed by atoms with Crippen LogP contribution in [0.2, 0.25) is 0 Å². The van der Waals surface area contributed by atoms with E-state index in [1.807, 2.05) is 10.9 Å². The number of hydrogen-bond acceptors (Lipinski definition) is 2. The molecule has 2 aromatic rings. The molecule has 1 N–H and O–H groups in total. The summed E-state index contributed by atoms with van der Waals surface area (Å²) in [6.07, 6.45) is 4.05. The maximum absolute atomic E-state index is 4.49. The molecular weight excluding hydrogens is 234 g/mol. The predicted molar refractivity (Wildman–Crippen MR) is 79.8 cm³/mol. The van der Waals surface area contributed by atoms with Crippen molar-refractivity contribution in [1.82, 2.24) is 15.1 Å². The van der Waals surface area contributed by atoms with Crippen LogP contribution in [-0.4, -0.2) is 15.8 Å². The van der Waals surface area contributed by atoms with E-state index in [9.17, 15) is 0 Å². The largest absolute Gasteiger partial charge is 0.310 e. The summed E-state index contributed by atoms with van der Waals surface area (Å²) < 4.78 is 1.99. The number of nitrogens with zero attached hydrogens (tertiary/aromatic N) is 2. The minimum absolute atomic E-state index is 0.492. The van der Waals surface area contributed by atoms with Crippen molar-refractivity contribution in [3.8, 4) is 5.69 Å². The van der Waals surface area contributed by atoms with Crippen LogP contribution in [0.4, 0.5) is 0 Å². The van der Waals surface area contributed by atoms with Crippen molar-refractivity contribution in [2.45, 2.75) is 47.2 Å². The Morgan fingerprint density at radius 1 is 1.16 bits per heavy atom. The SMILES string of the molecule is Cc1cc(C)c(-n2cc(CNC(C)C)cn2)c(C)c1. The summed E-state index contributed by atoms with van der Waals surface area (Å²) in [5.74, 6) is 0. The number of nitrogens with one attached hydrogen (secondary N) is 1. The molecule has 0 unspecified atom stereocenters. The normalized spacial score (nSPS) is 11.3. The van der Waals surface area contributed by atoms with Crippen molar-refractivity contribution >= 4 is 0 Å². The first-order valence-electron chi connectivity index (χ1n) is 6.82. The van der Waals surface area contributed by atoms with Gasteiger partial charge in [0.25, 0.3) is 0 Å². The van der Waals surface area contributed by atoms with E-state index in [4.69, 9.17) is 0 Å². The third kappa shape index (κ3) is 3.24. The molecule has 1 aromatic carbocycles. The summed E-state index contributed by atoms with van der Waals surface area (Å²) in [5.41, 5.74) is 6.25. The van der Waals surface area contributed by atoms with Gasteiger partial charge in [-0.15, -0.1) is 0 Å². The lowest BCUT2D eigenvalue weighted by Gasteiger charge is -2.11. The van der Waals surface area contributed by atoms with Crippen molar-refractivity contribution in [2.75, 3.05) is 0 Å². The highest BCUT2D eigenvalue weighted by Gasteiger charge is 2.08. The van der Waals surface area contributed by atoms with Gasteiger partial charge in [-0.3, -0.25) is 0 Å². The molecule has 0 atom stereocenters. The van der Waals surface area contributed by atoms with Crippen molar-refractivity contribution < 1.29 is 0 Å². The Kier molecular flexibility index (Phi) is 4.05. The quantitative estimate of drug-likeness (QED) is 0.911. The molecule has 0 spiro atoms.